The molecular formula is C18H16F2N6O3S. The fraction of sp³-hybridized carbons (Fsp3) is 0.389. The van der Waals surface area contributed by atoms with Crippen LogP contribution in [0.1, 0.15) is 29.2 Å². The molecule has 5 rings (SSSR count). The van der Waals surface area contributed by atoms with Gasteiger partial charge in [0.15, 0.2) is 5.82 Å². The van der Waals surface area contributed by atoms with Crippen molar-refractivity contribution in [1.29, 1.82) is 0 Å². The van der Waals surface area contributed by atoms with Crippen LogP contribution in [0.25, 0.3) is 10.9 Å². The van der Waals surface area contributed by atoms with Crippen LogP contribution in [-0.2, 0) is 7.05 Å². The molecule has 0 radical (unpaired) electrons. The number of aromatic nitrogens is 5. The van der Waals surface area contributed by atoms with E-state index in [0.717, 1.165) is 18.9 Å². The summed E-state index contributed by atoms with van der Waals surface area (Å²) in [5.74, 6) is -3.14. The van der Waals surface area contributed by atoms with E-state index in [0.29, 0.717) is 18.2 Å². The molecule has 2 aromatic heterocycles. The van der Waals surface area contributed by atoms with E-state index >= 15 is 4.39 Å². The van der Waals surface area contributed by atoms with Gasteiger partial charge in [-0.05, 0) is 29.3 Å². The number of carboxylic acid groups (broad SMARTS) is 1. The summed E-state index contributed by atoms with van der Waals surface area (Å²) in [7, 11) is 1.71. The van der Waals surface area contributed by atoms with Crippen molar-refractivity contribution in [3.05, 3.63) is 39.7 Å². The maximum Gasteiger partial charge on any atom is 0.341 e. The Morgan fingerprint density at radius 3 is 2.63 bits per heavy atom. The van der Waals surface area contributed by atoms with Gasteiger partial charge in [0, 0.05) is 37.6 Å². The van der Waals surface area contributed by atoms with Crippen LogP contribution in [0, 0.1) is 11.6 Å². The number of carboxylic acids is 1. The Kier molecular flexibility index (Phi) is 4.27. The molecule has 1 aromatic carbocycles. The van der Waals surface area contributed by atoms with Gasteiger partial charge in [-0.25, -0.2) is 18.3 Å². The lowest BCUT2D eigenvalue weighted by Crippen LogP contribution is -2.50. The average Bonchev–Trinajstić information content (AvgIpc) is 3.42. The Labute approximate surface area is 172 Å². The third-order valence-corrected chi connectivity index (χ3v) is 6.56. The van der Waals surface area contributed by atoms with Crippen LogP contribution >= 0.6 is 11.8 Å². The van der Waals surface area contributed by atoms with Crippen LogP contribution in [0.15, 0.2) is 22.2 Å². The van der Waals surface area contributed by atoms with Crippen molar-refractivity contribution >= 4 is 34.3 Å². The normalized spacial score (nSPS) is 16.8. The molecule has 0 amide bonds. The summed E-state index contributed by atoms with van der Waals surface area (Å²) in [6, 6.07) is 0.858. The van der Waals surface area contributed by atoms with E-state index in [4.69, 9.17) is 0 Å². The molecule has 1 N–H and O–H groups in total. The summed E-state index contributed by atoms with van der Waals surface area (Å²) in [5, 5.41) is 20.9. The molecule has 0 bridgehead atoms. The molecule has 1 aliphatic heterocycles. The molecule has 2 fully saturated rings. The van der Waals surface area contributed by atoms with Gasteiger partial charge >= 0.3 is 5.97 Å². The fourth-order valence-corrected chi connectivity index (χ4v) is 4.76. The van der Waals surface area contributed by atoms with Crippen molar-refractivity contribution in [3.8, 4) is 0 Å². The minimum absolute atomic E-state index is 0.0440. The van der Waals surface area contributed by atoms with E-state index in [-0.39, 0.29) is 27.9 Å². The van der Waals surface area contributed by atoms with E-state index in [1.165, 1.54) is 27.2 Å². The fourth-order valence-electron chi connectivity index (χ4n) is 3.68. The highest BCUT2D eigenvalue weighted by atomic mass is 32.2. The van der Waals surface area contributed by atoms with Crippen LogP contribution in [0.5, 0.6) is 0 Å². The molecule has 2 aliphatic rings. The van der Waals surface area contributed by atoms with Crippen molar-refractivity contribution < 1.29 is 18.7 Å². The Morgan fingerprint density at radius 2 is 2.03 bits per heavy atom. The second kappa shape index (κ2) is 6.76. The third kappa shape index (κ3) is 2.93. The van der Waals surface area contributed by atoms with E-state index in [9.17, 15) is 19.1 Å². The topological polar surface area (TPSA) is 106 Å². The lowest BCUT2D eigenvalue weighted by atomic mass is 10.1. The van der Waals surface area contributed by atoms with E-state index < -0.39 is 28.6 Å². The molecule has 1 aliphatic carbocycles. The molecule has 156 valence electrons. The minimum Gasteiger partial charge on any atom is -0.477 e. The number of benzene rings is 1. The Balaban J connectivity index is 1.54. The maximum absolute atomic E-state index is 15.5. The molecule has 3 heterocycles. The number of fused-ring (bicyclic) bond motifs is 1. The van der Waals surface area contributed by atoms with Gasteiger partial charge in [0.05, 0.1) is 10.9 Å². The summed E-state index contributed by atoms with van der Waals surface area (Å²) < 4.78 is 33.4. The van der Waals surface area contributed by atoms with Gasteiger partial charge in [0.1, 0.15) is 17.1 Å². The zero-order valence-electron chi connectivity index (χ0n) is 15.7. The molecule has 1 saturated heterocycles. The Hall–Kier alpha value is -3.02. The van der Waals surface area contributed by atoms with Crippen molar-refractivity contribution in [3.63, 3.8) is 0 Å². The SMILES string of the molecule is Cn1nnnc1SC1CN(c2c(F)cc3c(=O)c(C(=O)O)cn(C4CC4)c3c2F)C1. The van der Waals surface area contributed by atoms with Crippen molar-refractivity contribution in [2.24, 2.45) is 7.05 Å². The van der Waals surface area contributed by atoms with E-state index in [1.54, 1.807) is 11.9 Å². The highest BCUT2D eigenvalue weighted by Crippen LogP contribution is 2.41. The second-order valence-corrected chi connectivity index (χ2v) is 8.73. The van der Waals surface area contributed by atoms with Crippen LogP contribution in [-0.4, -0.2) is 54.2 Å². The maximum atomic E-state index is 15.5. The standard InChI is InChI=1S/C18H16F2N6O3S/c1-24-18(21-22-23-24)30-9-5-25(6-9)15-12(19)4-10-14(13(15)20)26(8-2-3-8)7-11(16(10)27)17(28)29/h4,7-9H,2-3,5-6H2,1H3,(H,28,29). The van der Waals surface area contributed by atoms with E-state index in [2.05, 4.69) is 15.5 Å². The first-order chi connectivity index (χ1) is 14.3. The Morgan fingerprint density at radius 1 is 1.30 bits per heavy atom. The number of tetrazole rings is 1. The largest absolute Gasteiger partial charge is 0.477 e. The van der Waals surface area contributed by atoms with Gasteiger partial charge in [-0.2, -0.15) is 0 Å². The van der Waals surface area contributed by atoms with Gasteiger partial charge in [-0.1, -0.05) is 11.8 Å². The van der Waals surface area contributed by atoms with Crippen molar-refractivity contribution in [2.45, 2.75) is 29.3 Å². The average molecular weight is 434 g/mol. The third-order valence-electron chi connectivity index (χ3n) is 5.37. The van der Waals surface area contributed by atoms with Crippen LogP contribution in [0.3, 0.4) is 0 Å². The summed E-state index contributed by atoms with van der Waals surface area (Å²) in [6.45, 7) is 0.773. The molecule has 0 unspecified atom stereocenters. The first-order valence-electron chi connectivity index (χ1n) is 9.29. The zero-order valence-corrected chi connectivity index (χ0v) is 16.6. The number of aromatic carboxylic acids is 1. The molecule has 12 heteroatoms. The number of pyridine rings is 1. The number of aryl methyl sites for hydroxylation is 1. The zero-order chi connectivity index (χ0) is 21.2. The van der Waals surface area contributed by atoms with Gasteiger partial charge in [-0.15, -0.1) is 5.10 Å². The van der Waals surface area contributed by atoms with Crippen LogP contribution < -0.4 is 10.3 Å². The van der Waals surface area contributed by atoms with Crippen molar-refractivity contribution in [2.75, 3.05) is 18.0 Å². The van der Waals surface area contributed by atoms with Gasteiger partial charge in [-0.3, -0.25) is 4.79 Å². The molecule has 30 heavy (non-hydrogen) atoms. The number of carbonyl (C=O) groups is 1. The number of nitrogens with zero attached hydrogens (tertiary/aromatic N) is 6. The molecule has 9 nitrogen and oxygen atoms in total. The minimum atomic E-state index is -1.41. The predicted octanol–water partition coefficient (Wildman–Crippen LogP) is 1.82. The Bertz CT molecular complexity index is 1250. The summed E-state index contributed by atoms with van der Waals surface area (Å²) in [4.78, 5) is 25.5. The lowest BCUT2D eigenvalue weighted by molar-refractivity contribution is 0.0694. The first kappa shape index (κ1) is 19.0. The highest BCUT2D eigenvalue weighted by molar-refractivity contribution is 7.99. The number of hydrogen-bond donors (Lipinski definition) is 1. The number of rotatable bonds is 5. The molecule has 0 spiro atoms. The highest BCUT2D eigenvalue weighted by Gasteiger charge is 2.35. The summed E-state index contributed by atoms with van der Waals surface area (Å²) >= 11 is 1.42. The van der Waals surface area contributed by atoms with E-state index in [1.807, 2.05) is 0 Å². The summed E-state index contributed by atoms with van der Waals surface area (Å²) in [6.07, 6.45) is 2.67. The first-order valence-corrected chi connectivity index (χ1v) is 10.2. The second-order valence-electron chi connectivity index (χ2n) is 7.46. The molecule has 1 saturated carbocycles. The van der Waals surface area contributed by atoms with Gasteiger partial charge < -0.3 is 14.6 Å². The molecule has 0 atom stereocenters. The van der Waals surface area contributed by atoms with Crippen molar-refractivity contribution in [1.82, 2.24) is 24.8 Å². The monoisotopic (exact) mass is 434 g/mol. The van der Waals surface area contributed by atoms with Gasteiger partial charge in [0.25, 0.3) is 0 Å². The molecule has 3 aromatic rings. The number of anilines is 1. The number of halogens is 2. The quantitative estimate of drug-likeness (QED) is 0.648. The summed E-state index contributed by atoms with van der Waals surface area (Å²) in [5.41, 5.74) is -1.62. The lowest BCUT2D eigenvalue weighted by Gasteiger charge is -2.40. The molecular weight excluding hydrogens is 418 g/mol. The van der Waals surface area contributed by atoms with Gasteiger partial charge in [0.2, 0.25) is 10.6 Å². The van der Waals surface area contributed by atoms with Crippen LogP contribution in [0.2, 0.25) is 0 Å². The van der Waals surface area contributed by atoms with Crippen LogP contribution in [0.4, 0.5) is 14.5 Å². The number of hydrogen-bond acceptors (Lipinski definition) is 7. The predicted molar refractivity (Wildman–Crippen MR) is 104 cm³/mol. The smallest absolute Gasteiger partial charge is 0.341 e. The number of thioether (sulfide) groups is 1.